The molecule has 67 heavy (non-hydrogen) atoms. The SMILES string of the molecule is CC1(C)c2ccccc2-c2ccc(N(c3ccc(-c4ccc5c(c4)C4(c6ccccc6)c6ccccc6N(c6ccccc6)c6cccc-5c64)cc3)c3cccc4sc5ccccc5c34)cc21. The number of benzene rings is 10. The summed E-state index contributed by atoms with van der Waals surface area (Å²) in [4.78, 5) is 4.96. The summed E-state index contributed by atoms with van der Waals surface area (Å²) in [5, 5.41) is 2.58. The number of nitrogens with zero attached hydrogens (tertiary/aromatic N) is 2. The van der Waals surface area contributed by atoms with Crippen LogP contribution < -0.4 is 9.80 Å². The number of hydrogen-bond donors (Lipinski definition) is 0. The predicted molar refractivity (Wildman–Crippen MR) is 283 cm³/mol. The molecule has 0 N–H and O–H groups in total. The van der Waals surface area contributed by atoms with Crippen LogP contribution in [0.25, 0.3) is 53.6 Å². The molecule has 1 aliphatic heterocycles. The van der Waals surface area contributed by atoms with Crippen LogP contribution in [0.3, 0.4) is 0 Å². The van der Waals surface area contributed by atoms with Gasteiger partial charge in [0.25, 0.3) is 0 Å². The minimum absolute atomic E-state index is 0.123. The van der Waals surface area contributed by atoms with Crippen molar-refractivity contribution in [1.82, 2.24) is 0 Å². The summed E-state index contributed by atoms with van der Waals surface area (Å²) < 4.78 is 2.60. The summed E-state index contributed by atoms with van der Waals surface area (Å²) in [6.07, 6.45) is 0. The first kappa shape index (κ1) is 38.3. The first-order valence-corrected chi connectivity index (χ1v) is 24.2. The van der Waals surface area contributed by atoms with Crippen LogP contribution in [0.4, 0.5) is 34.1 Å². The van der Waals surface area contributed by atoms with Gasteiger partial charge in [-0.2, -0.15) is 0 Å². The quantitative estimate of drug-likeness (QED) is 0.164. The van der Waals surface area contributed by atoms with Gasteiger partial charge in [0.1, 0.15) is 0 Å². The smallest absolute Gasteiger partial charge is 0.0754 e. The lowest BCUT2D eigenvalue weighted by molar-refractivity contribution is 0.660. The number of hydrogen-bond acceptors (Lipinski definition) is 3. The lowest BCUT2D eigenvalue weighted by Crippen LogP contribution is -2.35. The summed E-state index contributed by atoms with van der Waals surface area (Å²) in [5.74, 6) is 0. The molecule has 3 aliphatic rings. The van der Waals surface area contributed by atoms with Crippen molar-refractivity contribution < 1.29 is 0 Å². The van der Waals surface area contributed by atoms with Gasteiger partial charge >= 0.3 is 0 Å². The predicted octanol–water partition coefficient (Wildman–Crippen LogP) is 17.6. The first-order valence-electron chi connectivity index (χ1n) is 23.3. The van der Waals surface area contributed by atoms with Gasteiger partial charge in [0.15, 0.2) is 0 Å². The largest absolute Gasteiger partial charge is 0.310 e. The van der Waals surface area contributed by atoms with E-state index in [0.717, 1.165) is 17.1 Å². The van der Waals surface area contributed by atoms with Crippen LogP contribution in [0.1, 0.15) is 47.2 Å². The van der Waals surface area contributed by atoms with Gasteiger partial charge in [-0.15, -0.1) is 11.3 Å². The Morgan fingerprint density at radius 1 is 0.418 bits per heavy atom. The molecule has 0 saturated heterocycles. The average Bonchev–Trinajstić information content (AvgIpc) is 3.99. The van der Waals surface area contributed by atoms with Crippen LogP contribution >= 0.6 is 11.3 Å². The van der Waals surface area contributed by atoms with E-state index in [1.54, 1.807) is 0 Å². The normalized spacial score (nSPS) is 15.8. The molecule has 10 aromatic carbocycles. The highest BCUT2D eigenvalue weighted by atomic mass is 32.1. The van der Waals surface area contributed by atoms with E-state index in [1.165, 1.54) is 104 Å². The molecule has 11 aromatic rings. The Labute approximate surface area is 395 Å². The minimum atomic E-state index is -0.514. The third-order valence-electron chi connectivity index (χ3n) is 15.0. The first-order chi connectivity index (χ1) is 33.0. The Morgan fingerprint density at radius 2 is 1.03 bits per heavy atom. The van der Waals surface area contributed by atoms with Crippen molar-refractivity contribution in [2.24, 2.45) is 0 Å². The van der Waals surface area contributed by atoms with Gasteiger partial charge in [-0.3, -0.25) is 0 Å². The molecule has 316 valence electrons. The van der Waals surface area contributed by atoms with Crippen molar-refractivity contribution >= 4 is 65.6 Å². The molecule has 2 aliphatic carbocycles. The summed E-state index contributed by atoms with van der Waals surface area (Å²) in [7, 11) is 0. The van der Waals surface area contributed by atoms with Crippen LogP contribution in [-0.4, -0.2) is 0 Å². The lowest BCUT2D eigenvalue weighted by Gasteiger charge is -2.44. The standard InChI is InChI=1S/C64H44N2S/c1-63(2)52-24-11-9-21-47(52)48-38-36-46(40-54(48)63)65(57-27-16-30-60-61(57)51-22-10-14-29-59(51)67-60)45-34-31-41(32-35-45)42-33-37-49-50-23-15-28-58-62(50)64(55(49)39-42,43-17-5-3-6-18-43)53-25-12-13-26-56(53)66(58)44-19-7-4-8-20-44/h3-40H,1-2H3. The molecule has 1 atom stereocenters. The summed E-state index contributed by atoms with van der Waals surface area (Å²) in [6.45, 7) is 4.74. The molecule has 0 radical (unpaired) electrons. The molecule has 0 fully saturated rings. The molecule has 1 unspecified atom stereocenters. The van der Waals surface area contributed by atoms with Crippen LogP contribution in [-0.2, 0) is 10.8 Å². The Hall–Kier alpha value is -7.98. The van der Waals surface area contributed by atoms with Crippen molar-refractivity contribution in [3.05, 3.63) is 264 Å². The van der Waals surface area contributed by atoms with E-state index < -0.39 is 5.41 Å². The maximum atomic E-state index is 2.49. The van der Waals surface area contributed by atoms with E-state index in [2.05, 4.69) is 254 Å². The zero-order valence-electron chi connectivity index (χ0n) is 37.2. The lowest BCUT2D eigenvalue weighted by atomic mass is 9.64. The van der Waals surface area contributed by atoms with Crippen molar-refractivity contribution in [3.8, 4) is 33.4 Å². The second-order valence-corrected chi connectivity index (χ2v) is 19.9. The van der Waals surface area contributed by atoms with Gasteiger partial charge in [-0.05, 0) is 134 Å². The van der Waals surface area contributed by atoms with Crippen LogP contribution in [0.5, 0.6) is 0 Å². The zero-order chi connectivity index (χ0) is 44.4. The molecule has 2 heterocycles. The Bertz CT molecular complexity index is 3790. The molecule has 0 spiro atoms. The fraction of sp³-hybridized carbons (Fsp3) is 0.0625. The monoisotopic (exact) mass is 872 g/mol. The molecule has 1 aromatic heterocycles. The van der Waals surface area contributed by atoms with E-state index in [4.69, 9.17) is 0 Å². The van der Waals surface area contributed by atoms with E-state index >= 15 is 0 Å². The Morgan fingerprint density at radius 3 is 1.88 bits per heavy atom. The third-order valence-corrected chi connectivity index (χ3v) is 16.2. The summed E-state index contributed by atoms with van der Waals surface area (Å²) >= 11 is 1.87. The molecule has 0 saturated carbocycles. The highest BCUT2D eigenvalue weighted by Gasteiger charge is 2.52. The summed E-state index contributed by atoms with van der Waals surface area (Å²) in [6, 6.07) is 86.2. The van der Waals surface area contributed by atoms with E-state index in [1.807, 2.05) is 11.3 Å². The van der Waals surface area contributed by atoms with Gasteiger partial charge in [0, 0.05) is 48.2 Å². The number of anilines is 6. The van der Waals surface area contributed by atoms with Crippen molar-refractivity contribution in [3.63, 3.8) is 0 Å². The fourth-order valence-corrected chi connectivity index (χ4v) is 13.3. The maximum Gasteiger partial charge on any atom is 0.0754 e. The van der Waals surface area contributed by atoms with Crippen molar-refractivity contribution in [1.29, 1.82) is 0 Å². The number of rotatable bonds is 6. The van der Waals surface area contributed by atoms with Crippen LogP contribution in [0, 0.1) is 0 Å². The van der Waals surface area contributed by atoms with Gasteiger partial charge in [-0.25, -0.2) is 0 Å². The van der Waals surface area contributed by atoms with E-state index in [0.29, 0.717) is 0 Å². The van der Waals surface area contributed by atoms with Crippen molar-refractivity contribution in [2.75, 3.05) is 9.80 Å². The minimum Gasteiger partial charge on any atom is -0.310 e. The molecule has 0 amide bonds. The van der Waals surface area contributed by atoms with Gasteiger partial charge < -0.3 is 9.80 Å². The van der Waals surface area contributed by atoms with Crippen LogP contribution in [0.15, 0.2) is 231 Å². The average molecular weight is 873 g/mol. The number of thiophene rings is 1. The molecule has 3 heteroatoms. The number of fused-ring (bicyclic) bond motifs is 11. The zero-order valence-corrected chi connectivity index (χ0v) is 38.1. The second-order valence-electron chi connectivity index (χ2n) is 18.8. The molecule has 2 nitrogen and oxygen atoms in total. The highest BCUT2D eigenvalue weighted by molar-refractivity contribution is 7.26. The van der Waals surface area contributed by atoms with Gasteiger partial charge in [0.05, 0.1) is 22.5 Å². The molecule has 14 rings (SSSR count). The van der Waals surface area contributed by atoms with Crippen molar-refractivity contribution in [2.45, 2.75) is 24.7 Å². The van der Waals surface area contributed by atoms with Gasteiger partial charge in [-0.1, -0.05) is 172 Å². The Kier molecular flexibility index (Phi) is 8.15. The Balaban J connectivity index is 0.944. The summed E-state index contributed by atoms with van der Waals surface area (Å²) in [5.41, 5.74) is 22.0. The third kappa shape index (κ3) is 5.32. The number of para-hydroxylation sites is 2. The highest BCUT2D eigenvalue weighted by Crippen LogP contribution is 2.65. The topological polar surface area (TPSA) is 6.48 Å². The molecular weight excluding hydrogens is 829 g/mol. The second kappa shape index (κ2) is 14.3. The van der Waals surface area contributed by atoms with Crippen LogP contribution in [0.2, 0.25) is 0 Å². The molecule has 0 bridgehead atoms. The van der Waals surface area contributed by atoms with E-state index in [-0.39, 0.29) is 5.41 Å². The van der Waals surface area contributed by atoms with Gasteiger partial charge in [0.2, 0.25) is 0 Å². The fourth-order valence-electron chi connectivity index (χ4n) is 12.1. The molecular formula is C64H44N2S. The van der Waals surface area contributed by atoms with E-state index in [9.17, 15) is 0 Å². The maximum absolute atomic E-state index is 2.49.